The standard InChI is InChI=1S/C25H38O4S3.C21H31ClO4.C6H15N.2C4H8S3.C3H8S.CH2Cl2.CS2/c1-5-8-13-29-24(28)22(15-18(4)23(26)27)16-20(7-3)21-11-9-19(10-12-21)17-32-25(30)31-14-6-2;1-4-6-11-26-21(25)19(12-15(3)20(23)24)13-17(5-2)18-9-7-16(14-22)8-10-18;1-4-7(5-2)6-3;2*1-2-3-7-4(5)6;1-2-3-4;2*2-1-3/h9-12,18,20,22H,5-8,13-17H2,1-4H3,(H,26,27);7-10,15,17,19,22H,4-6,11-14H2,1-3H3;4-6H2,1-3H3;2*2-3H2,1H3,(H,5,6);4H,2-3H2,1H3;1H2;/p-1. The maximum Gasteiger partial charge on any atom is 0.308 e. The SMILES string of the molecule is CCCCOC(=O)C(CC(C)C(=O)O)CC(CC)c1ccc(CSC(=S)SCCC)cc1.CCCCOC(=O)C(CC(C)C(=O)O)CC(CC)c1ccc(C[ClH+])cc1.CCCS.CCCSC(=S)[S-].CCCSC(=S)[S-].CCN(CC)CC.ClCCl.S=C=S. The number of ether oxygens (including phenoxy) is 2. The highest BCUT2D eigenvalue weighted by Gasteiger charge is 2.30. The van der Waals surface area contributed by atoms with Crippen LogP contribution >= 0.6 is 144 Å². The third-order valence-corrected chi connectivity index (χ3v) is 19.5. The highest BCUT2D eigenvalue weighted by atomic mass is 35.5. The van der Waals surface area contributed by atoms with Crippen LogP contribution in [-0.4, -0.2) is 115 Å². The Balaban J connectivity index is -0.000000265. The Labute approximate surface area is 616 Å². The van der Waals surface area contributed by atoms with Gasteiger partial charge in [0.15, 0.2) is 5.88 Å². The molecule has 0 bridgehead atoms. The normalized spacial score (nSPS) is 12.0. The van der Waals surface area contributed by atoms with E-state index in [-0.39, 0.29) is 29.1 Å². The molecule has 0 heterocycles. The number of carbonyl (C=O) groups excluding carboxylic acids is 2. The lowest BCUT2D eigenvalue weighted by Crippen LogP contribution is -2.25. The molecule has 6 unspecified atom stereocenters. The number of thioether (sulfide) groups is 4. The first-order chi connectivity index (χ1) is 42.4. The van der Waals surface area contributed by atoms with Crippen molar-refractivity contribution in [3.8, 4) is 0 Å². The number of benzene rings is 2. The van der Waals surface area contributed by atoms with Crippen LogP contribution in [0.15, 0.2) is 48.5 Å². The average Bonchev–Trinajstić information content (AvgIpc) is 2.18. The summed E-state index contributed by atoms with van der Waals surface area (Å²) >= 11 is 57.0. The van der Waals surface area contributed by atoms with Crippen LogP contribution < -0.4 is 0 Å². The van der Waals surface area contributed by atoms with Crippen LogP contribution in [0.4, 0.5) is 0 Å². The molecular formula is C65H109Cl3NO8S12-. The van der Waals surface area contributed by atoms with E-state index < -0.39 is 35.6 Å². The maximum atomic E-state index is 12.7. The number of thiol groups is 1. The fourth-order valence-corrected chi connectivity index (χ4v) is 11.4. The van der Waals surface area contributed by atoms with Crippen molar-refractivity contribution in [2.45, 2.75) is 203 Å². The Morgan fingerprint density at radius 2 is 0.910 bits per heavy atom. The molecule has 2 rings (SSSR count). The molecule has 0 aliphatic carbocycles. The van der Waals surface area contributed by atoms with Gasteiger partial charge >= 0.3 is 23.9 Å². The lowest BCUT2D eigenvalue weighted by atomic mass is 9.83. The number of alkyl halides is 3. The van der Waals surface area contributed by atoms with Crippen molar-refractivity contribution < 1.29 is 50.5 Å². The summed E-state index contributed by atoms with van der Waals surface area (Å²) in [4.78, 5) is 50.2. The molecule has 0 saturated heterocycles. The van der Waals surface area contributed by atoms with Gasteiger partial charge in [-0.1, -0.05) is 171 Å². The molecule has 89 heavy (non-hydrogen) atoms. The fourth-order valence-electron chi connectivity index (χ4n) is 7.45. The van der Waals surface area contributed by atoms with E-state index in [9.17, 15) is 29.4 Å². The van der Waals surface area contributed by atoms with Gasteiger partial charge in [0.05, 0.1) is 42.2 Å². The van der Waals surface area contributed by atoms with Crippen LogP contribution in [0, 0.1) is 35.3 Å². The number of thiocarbonyl (C=S) groups is 5. The van der Waals surface area contributed by atoms with Gasteiger partial charge in [-0.2, -0.15) is 12.6 Å². The van der Waals surface area contributed by atoms with Crippen LogP contribution in [0.5, 0.6) is 0 Å². The van der Waals surface area contributed by atoms with Crippen LogP contribution in [0.3, 0.4) is 0 Å². The van der Waals surface area contributed by atoms with Gasteiger partial charge in [0, 0.05) is 15.6 Å². The Morgan fingerprint density at radius 1 is 0.584 bits per heavy atom. The number of esters is 2. The average molecular weight is 1520 g/mol. The smallest absolute Gasteiger partial charge is 0.308 e. The number of aliphatic carboxylic acids is 2. The van der Waals surface area contributed by atoms with E-state index in [1.54, 1.807) is 60.9 Å². The van der Waals surface area contributed by atoms with E-state index >= 15 is 0 Å². The number of carbonyl (C=O) groups is 4. The summed E-state index contributed by atoms with van der Waals surface area (Å²) < 4.78 is 15.0. The van der Waals surface area contributed by atoms with Crippen molar-refractivity contribution in [1.82, 2.24) is 4.90 Å². The van der Waals surface area contributed by atoms with Crippen molar-refractivity contribution in [2.75, 3.05) is 61.2 Å². The number of nitrogens with zero attached hydrogens (tertiary/aromatic N) is 1. The van der Waals surface area contributed by atoms with Crippen LogP contribution in [0.25, 0.3) is 0 Å². The number of carboxylic acid groups (broad SMARTS) is 2. The molecule has 2 aromatic carbocycles. The molecule has 0 radical (unpaired) electrons. The minimum atomic E-state index is -0.876. The zero-order chi connectivity index (χ0) is 69.4. The summed E-state index contributed by atoms with van der Waals surface area (Å²) in [6, 6.07) is 16.7. The van der Waals surface area contributed by atoms with Crippen molar-refractivity contribution in [3.05, 3.63) is 70.8 Å². The first kappa shape index (κ1) is 99.9. The van der Waals surface area contributed by atoms with Crippen LogP contribution in [0.2, 0.25) is 0 Å². The van der Waals surface area contributed by atoms with Crippen molar-refractivity contribution >= 4 is 208 Å². The van der Waals surface area contributed by atoms with Gasteiger partial charge < -0.3 is 74.3 Å². The van der Waals surface area contributed by atoms with Gasteiger partial charge in [-0.15, -0.1) is 70.2 Å². The Bertz CT molecular complexity index is 2050. The lowest BCUT2D eigenvalue weighted by Gasteiger charge is -2.23. The van der Waals surface area contributed by atoms with Crippen molar-refractivity contribution in [2.24, 2.45) is 23.7 Å². The third-order valence-electron chi connectivity index (χ3n) is 12.7. The molecule has 2 aromatic rings. The van der Waals surface area contributed by atoms with E-state index in [0.29, 0.717) is 51.8 Å². The molecular weight excluding hydrogens is 1410 g/mol. The van der Waals surface area contributed by atoms with Gasteiger partial charge in [0.2, 0.25) is 0 Å². The number of unbranched alkanes of at least 4 members (excludes halogenated alkanes) is 2. The maximum absolute atomic E-state index is 12.7. The molecule has 24 heteroatoms. The molecule has 0 saturated carbocycles. The summed E-state index contributed by atoms with van der Waals surface area (Å²) in [6.45, 7) is 31.0. The van der Waals surface area contributed by atoms with E-state index in [1.165, 1.54) is 37.2 Å². The van der Waals surface area contributed by atoms with Gasteiger partial charge in [0.1, 0.15) is 15.1 Å². The highest BCUT2D eigenvalue weighted by molar-refractivity contribution is 8.47. The molecule has 9 nitrogen and oxygen atoms in total. The quantitative estimate of drug-likeness (QED) is 0.0151. The molecule has 0 spiro atoms. The van der Waals surface area contributed by atoms with Gasteiger partial charge in [-0.25, -0.2) is 0 Å². The second-order valence-corrected chi connectivity index (χ2v) is 30.7. The minimum Gasteiger partial charge on any atom is -0.481 e. The van der Waals surface area contributed by atoms with E-state index in [4.69, 9.17) is 56.5 Å². The molecule has 2 N–H and O–H groups in total. The lowest BCUT2D eigenvalue weighted by molar-refractivity contribution is -0.386. The minimum absolute atomic E-state index is 0.183. The molecule has 516 valence electrons. The zero-order valence-electron chi connectivity index (χ0n) is 55.4. The summed E-state index contributed by atoms with van der Waals surface area (Å²) in [5.41, 5.74) is 4.67. The summed E-state index contributed by atoms with van der Waals surface area (Å²) in [7, 11) is 0. The number of halogens is 3. The zero-order valence-corrected chi connectivity index (χ0v) is 67.6. The summed E-state index contributed by atoms with van der Waals surface area (Å²) in [5, 5.41) is 18.8. The van der Waals surface area contributed by atoms with Crippen LogP contribution in [0.1, 0.15) is 214 Å². The highest BCUT2D eigenvalue weighted by Crippen LogP contribution is 2.33. The first-order valence-corrected chi connectivity index (χ1v) is 39.9. The van der Waals surface area contributed by atoms with E-state index in [0.717, 1.165) is 101 Å². The fraction of sp³-hybridized carbons (Fsp3) is 0.692. The Hall–Kier alpha value is -0.170. The summed E-state index contributed by atoms with van der Waals surface area (Å²) in [5.74, 6) is 1.78. The largest absolute Gasteiger partial charge is 0.481 e. The van der Waals surface area contributed by atoms with Crippen molar-refractivity contribution in [3.63, 3.8) is 0 Å². The second-order valence-electron chi connectivity index (χ2n) is 19.8. The third kappa shape index (κ3) is 64.9. The first-order valence-electron chi connectivity index (χ1n) is 30.8. The number of hydrogen-bond acceptors (Lipinski definition) is 19. The monoisotopic (exact) mass is 1520 g/mol. The predicted molar refractivity (Wildman–Crippen MR) is 421 cm³/mol. The number of hydrogen-bond donors (Lipinski definition) is 3. The Morgan fingerprint density at radius 3 is 1.15 bits per heavy atom. The van der Waals surface area contributed by atoms with Gasteiger partial charge in [-0.05, 0) is 173 Å². The van der Waals surface area contributed by atoms with Crippen LogP contribution in [-0.2, 0) is 65.5 Å². The molecule has 0 aliphatic rings. The number of rotatable bonds is 35. The Kier molecular flexibility index (Phi) is 82.6. The van der Waals surface area contributed by atoms with Gasteiger partial charge in [-0.3, -0.25) is 19.2 Å². The van der Waals surface area contributed by atoms with Gasteiger partial charge in [0.25, 0.3) is 0 Å². The number of carboxylic acids is 2. The summed E-state index contributed by atoms with van der Waals surface area (Å²) in [6.07, 6.45) is 11.7. The van der Waals surface area contributed by atoms with E-state index in [1.807, 2.05) is 30.3 Å². The topological polar surface area (TPSA) is 130 Å². The van der Waals surface area contributed by atoms with E-state index in [2.05, 4.69) is 190 Å². The molecule has 0 aromatic heterocycles. The molecule has 0 amide bonds. The predicted octanol–water partition coefficient (Wildman–Crippen LogP) is 20.8. The molecule has 0 aliphatic heterocycles. The molecule has 0 fully saturated rings. The molecule has 6 atom stereocenters. The van der Waals surface area contributed by atoms with Crippen molar-refractivity contribution in [1.29, 1.82) is 0 Å². The second kappa shape index (κ2) is 73.6.